The zero-order valence-electron chi connectivity index (χ0n) is 17.6. The molecule has 1 rings (SSSR count). The van der Waals surface area contributed by atoms with Crippen LogP contribution in [0, 0.1) is 0 Å². The number of guanidine groups is 1. The van der Waals surface area contributed by atoms with Crippen LogP contribution in [0.25, 0.3) is 0 Å². The van der Waals surface area contributed by atoms with Crippen LogP contribution in [0.15, 0.2) is 29.3 Å². The maximum Gasteiger partial charge on any atom is 0.191 e. The minimum Gasteiger partial charge on any atom is -0.492 e. The van der Waals surface area contributed by atoms with Crippen LogP contribution in [-0.2, 0) is 11.3 Å². The number of likely N-dealkylation sites (N-methyl/N-ethyl adjacent to an activating group) is 2. The van der Waals surface area contributed by atoms with E-state index in [2.05, 4.69) is 38.5 Å². The molecule has 0 bridgehead atoms. The highest BCUT2D eigenvalue weighted by atomic mass is 16.5. The van der Waals surface area contributed by atoms with Gasteiger partial charge in [0.25, 0.3) is 0 Å². The molecule has 0 aliphatic rings. The van der Waals surface area contributed by atoms with E-state index in [1.165, 1.54) is 0 Å². The zero-order valence-corrected chi connectivity index (χ0v) is 17.6. The summed E-state index contributed by atoms with van der Waals surface area (Å²) in [4.78, 5) is 8.69. The van der Waals surface area contributed by atoms with Gasteiger partial charge in [0, 0.05) is 59.1 Å². The average Bonchev–Trinajstić information content (AvgIpc) is 2.65. The number of hydrogen-bond acceptors (Lipinski definition) is 5. The van der Waals surface area contributed by atoms with E-state index in [0.717, 1.165) is 56.5 Å². The Hall–Kier alpha value is -1.83. The number of aliphatic imine (C=N–C) groups is 1. The fourth-order valence-corrected chi connectivity index (χ4v) is 2.48. The molecule has 7 heteroatoms. The first-order valence-corrected chi connectivity index (χ1v) is 9.54. The van der Waals surface area contributed by atoms with Gasteiger partial charge in [-0.05, 0) is 33.6 Å². The molecule has 154 valence electrons. The molecule has 0 amide bonds. The summed E-state index contributed by atoms with van der Waals surface area (Å²) in [6, 6.07) is 8.12. The lowest BCUT2D eigenvalue weighted by molar-refractivity contribution is 0.180. The first-order chi connectivity index (χ1) is 13.1. The number of rotatable bonds is 13. The van der Waals surface area contributed by atoms with Gasteiger partial charge >= 0.3 is 0 Å². The standard InChI is InChI=1S/C20H37N5O2/c1-21-20(22-11-13-25(4)12-8-15-26-5)23-17-18-9-6-7-10-19(18)27-16-14-24(2)3/h6-7,9-10H,8,11-17H2,1-5H3,(H2,21,22,23). The Morgan fingerprint density at radius 2 is 1.81 bits per heavy atom. The van der Waals surface area contributed by atoms with Crippen LogP contribution in [0.2, 0.25) is 0 Å². The van der Waals surface area contributed by atoms with Crippen molar-refractivity contribution in [3.05, 3.63) is 29.8 Å². The average molecular weight is 380 g/mol. The van der Waals surface area contributed by atoms with Crippen LogP contribution in [-0.4, -0.2) is 90.5 Å². The molecule has 0 heterocycles. The van der Waals surface area contributed by atoms with Crippen LogP contribution in [0.5, 0.6) is 5.75 Å². The highest BCUT2D eigenvalue weighted by Gasteiger charge is 2.05. The van der Waals surface area contributed by atoms with Crippen molar-refractivity contribution in [2.45, 2.75) is 13.0 Å². The summed E-state index contributed by atoms with van der Waals surface area (Å²) in [5.74, 6) is 1.71. The predicted octanol–water partition coefficient (Wildman–Crippen LogP) is 1.26. The van der Waals surface area contributed by atoms with Crippen molar-refractivity contribution in [3.8, 4) is 5.75 Å². The van der Waals surface area contributed by atoms with Gasteiger partial charge in [0.05, 0.1) is 0 Å². The molecule has 0 aliphatic carbocycles. The summed E-state index contributed by atoms with van der Waals surface area (Å²) in [7, 11) is 9.73. The number of para-hydroxylation sites is 1. The third-order valence-corrected chi connectivity index (χ3v) is 4.11. The second-order valence-corrected chi connectivity index (χ2v) is 6.76. The lowest BCUT2D eigenvalue weighted by Gasteiger charge is -2.18. The molecule has 0 saturated heterocycles. The molecule has 0 spiro atoms. The second kappa shape index (κ2) is 14.3. The minimum atomic E-state index is 0.668. The van der Waals surface area contributed by atoms with E-state index in [1.807, 2.05) is 32.3 Å². The summed E-state index contributed by atoms with van der Waals surface area (Å²) in [6.07, 6.45) is 1.05. The lowest BCUT2D eigenvalue weighted by Crippen LogP contribution is -2.40. The van der Waals surface area contributed by atoms with Crippen molar-refractivity contribution in [1.29, 1.82) is 0 Å². The van der Waals surface area contributed by atoms with Crippen molar-refractivity contribution in [1.82, 2.24) is 20.4 Å². The van der Waals surface area contributed by atoms with Crippen molar-refractivity contribution >= 4 is 5.96 Å². The maximum atomic E-state index is 5.91. The maximum absolute atomic E-state index is 5.91. The summed E-state index contributed by atoms with van der Waals surface area (Å²) in [5.41, 5.74) is 1.12. The van der Waals surface area contributed by atoms with E-state index in [1.54, 1.807) is 14.2 Å². The first-order valence-electron chi connectivity index (χ1n) is 9.54. The van der Waals surface area contributed by atoms with Gasteiger partial charge in [0.2, 0.25) is 0 Å². The largest absolute Gasteiger partial charge is 0.492 e. The van der Waals surface area contributed by atoms with Crippen molar-refractivity contribution in [2.24, 2.45) is 4.99 Å². The van der Waals surface area contributed by atoms with Crippen LogP contribution in [0.3, 0.4) is 0 Å². The SMILES string of the molecule is CN=C(NCCN(C)CCCOC)NCc1ccccc1OCCN(C)C. The number of hydrogen-bond donors (Lipinski definition) is 2. The Balaban J connectivity index is 2.37. The first kappa shape index (κ1) is 23.2. The van der Waals surface area contributed by atoms with Gasteiger partial charge in [-0.2, -0.15) is 0 Å². The van der Waals surface area contributed by atoms with E-state index in [4.69, 9.17) is 9.47 Å². The van der Waals surface area contributed by atoms with Gasteiger partial charge in [-0.15, -0.1) is 0 Å². The Bertz CT molecular complexity index is 537. The molecule has 7 nitrogen and oxygen atoms in total. The number of methoxy groups -OCH3 is 1. The Morgan fingerprint density at radius 3 is 2.52 bits per heavy atom. The van der Waals surface area contributed by atoms with Crippen molar-refractivity contribution in [3.63, 3.8) is 0 Å². The fraction of sp³-hybridized carbons (Fsp3) is 0.650. The summed E-state index contributed by atoms with van der Waals surface area (Å²) in [6.45, 7) is 5.85. The van der Waals surface area contributed by atoms with E-state index in [-0.39, 0.29) is 0 Å². The zero-order chi connectivity index (χ0) is 19.9. The van der Waals surface area contributed by atoms with Crippen molar-refractivity contribution < 1.29 is 9.47 Å². The number of nitrogens with one attached hydrogen (secondary N) is 2. The molecule has 0 aromatic heterocycles. The van der Waals surface area contributed by atoms with Gasteiger partial charge in [-0.25, -0.2) is 0 Å². The van der Waals surface area contributed by atoms with Crippen LogP contribution >= 0.6 is 0 Å². The summed E-state index contributed by atoms with van der Waals surface area (Å²) in [5, 5.41) is 6.72. The Kier molecular flexibility index (Phi) is 12.3. The van der Waals surface area contributed by atoms with Gasteiger partial charge in [-0.3, -0.25) is 4.99 Å². The molecular weight excluding hydrogens is 342 g/mol. The van der Waals surface area contributed by atoms with E-state index >= 15 is 0 Å². The number of ether oxygens (including phenoxy) is 2. The summed E-state index contributed by atoms with van der Waals surface area (Å²) < 4.78 is 11.0. The molecule has 0 unspecified atom stereocenters. The van der Waals surface area contributed by atoms with E-state index in [0.29, 0.717) is 13.2 Å². The topological polar surface area (TPSA) is 61.4 Å². The number of benzene rings is 1. The van der Waals surface area contributed by atoms with Crippen molar-refractivity contribution in [2.75, 3.05) is 74.7 Å². The molecule has 1 aromatic rings. The third-order valence-electron chi connectivity index (χ3n) is 4.11. The minimum absolute atomic E-state index is 0.668. The molecule has 2 N–H and O–H groups in total. The van der Waals surface area contributed by atoms with Crippen LogP contribution < -0.4 is 15.4 Å². The Labute approximate surface area is 164 Å². The molecule has 1 aromatic carbocycles. The van der Waals surface area contributed by atoms with Crippen LogP contribution in [0.1, 0.15) is 12.0 Å². The van der Waals surface area contributed by atoms with Gasteiger partial charge in [0.15, 0.2) is 5.96 Å². The smallest absolute Gasteiger partial charge is 0.191 e. The highest BCUT2D eigenvalue weighted by molar-refractivity contribution is 5.79. The normalized spacial score (nSPS) is 11.9. The fourth-order valence-electron chi connectivity index (χ4n) is 2.48. The van der Waals surface area contributed by atoms with E-state index in [9.17, 15) is 0 Å². The van der Waals surface area contributed by atoms with E-state index < -0.39 is 0 Å². The van der Waals surface area contributed by atoms with Crippen LogP contribution in [0.4, 0.5) is 0 Å². The lowest BCUT2D eigenvalue weighted by atomic mass is 10.2. The predicted molar refractivity (Wildman–Crippen MR) is 113 cm³/mol. The monoisotopic (exact) mass is 379 g/mol. The second-order valence-electron chi connectivity index (χ2n) is 6.76. The molecule has 0 radical (unpaired) electrons. The molecule has 0 fully saturated rings. The molecule has 0 atom stereocenters. The molecular formula is C20H37N5O2. The Morgan fingerprint density at radius 1 is 1.04 bits per heavy atom. The van der Waals surface area contributed by atoms with Gasteiger partial charge in [-0.1, -0.05) is 18.2 Å². The summed E-state index contributed by atoms with van der Waals surface area (Å²) >= 11 is 0. The quantitative estimate of drug-likeness (QED) is 0.306. The van der Waals surface area contributed by atoms with Gasteiger partial charge in [0.1, 0.15) is 12.4 Å². The van der Waals surface area contributed by atoms with Gasteiger partial charge < -0.3 is 29.9 Å². The highest BCUT2D eigenvalue weighted by Crippen LogP contribution is 2.17. The molecule has 0 aliphatic heterocycles. The molecule has 27 heavy (non-hydrogen) atoms. The molecule has 0 saturated carbocycles. The third kappa shape index (κ3) is 10.8. The number of nitrogens with zero attached hydrogens (tertiary/aromatic N) is 3.